The zero-order valence-corrected chi connectivity index (χ0v) is 11.0. The highest BCUT2D eigenvalue weighted by molar-refractivity contribution is 5.89. The van der Waals surface area contributed by atoms with Gasteiger partial charge in [0.05, 0.1) is 5.69 Å². The summed E-state index contributed by atoms with van der Waals surface area (Å²) in [7, 11) is 0. The topological polar surface area (TPSA) is 41.1 Å². The molecule has 0 atom stereocenters. The van der Waals surface area contributed by atoms with Gasteiger partial charge in [-0.15, -0.1) is 0 Å². The lowest BCUT2D eigenvalue weighted by molar-refractivity contribution is 0.252. The summed E-state index contributed by atoms with van der Waals surface area (Å²) < 4.78 is 39.2. The molecular formula is C15H13F3N2O. The van der Waals surface area contributed by atoms with Gasteiger partial charge in [0.25, 0.3) is 0 Å². The first kappa shape index (κ1) is 14.9. The van der Waals surface area contributed by atoms with Crippen LogP contribution in [0.4, 0.5) is 23.7 Å². The Labute approximate surface area is 119 Å². The summed E-state index contributed by atoms with van der Waals surface area (Å²) >= 11 is 0. The summed E-state index contributed by atoms with van der Waals surface area (Å²) in [5, 5.41) is 4.69. The van der Waals surface area contributed by atoms with Crippen LogP contribution in [0.1, 0.15) is 5.56 Å². The van der Waals surface area contributed by atoms with Crippen molar-refractivity contribution in [1.82, 2.24) is 5.32 Å². The molecule has 2 amide bonds. The third-order valence-corrected chi connectivity index (χ3v) is 2.76. The summed E-state index contributed by atoms with van der Waals surface area (Å²) in [6.45, 7) is 0.242. The number of carbonyl (C=O) groups is 1. The average Bonchev–Trinajstić information content (AvgIpc) is 2.43. The zero-order valence-electron chi connectivity index (χ0n) is 11.0. The van der Waals surface area contributed by atoms with Gasteiger partial charge < -0.3 is 10.6 Å². The van der Waals surface area contributed by atoms with Crippen molar-refractivity contribution in [3.63, 3.8) is 0 Å². The molecule has 2 aromatic rings. The quantitative estimate of drug-likeness (QED) is 0.890. The predicted octanol–water partition coefficient (Wildman–Crippen LogP) is 3.47. The number of nitrogens with one attached hydrogen (secondary N) is 2. The van der Waals surface area contributed by atoms with E-state index < -0.39 is 17.7 Å². The number of hydrogen-bond acceptors (Lipinski definition) is 1. The fourth-order valence-electron chi connectivity index (χ4n) is 1.77. The molecule has 0 bridgehead atoms. The normalized spacial score (nSPS) is 10.2. The fourth-order valence-corrected chi connectivity index (χ4v) is 1.77. The van der Waals surface area contributed by atoms with Crippen molar-refractivity contribution in [3.8, 4) is 0 Å². The van der Waals surface area contributed by atoms with E-state index in [0.29, 0.717) is 6.42 Å². The first-order valence-electron chi connectivity index (χ1n) is 6.29. The van der Waals surface area contributed by atoms with Crippen LogP contribution in [0, 0.1) is 17.5 Å². The maximum Gasteiger partial charge on any atom is 0.319 e. The third kappa shape index (κ3) is 4.52. The Morgan fingerprint density at radius 1 is 1.00 bits per heavy atom. The highest BCUT2D eigenvalue weighted by Gasteiger charge is 2.07. The summed E-state index contributed by atoms with van der Waals surface area (Å²) in [5.74, 6) is -1.72. The minimum Gasteiger partial charge on any atom is -0.338 e. The maximum atomic E-state index is 13.3. The maximum absolute atomic E-state index is 13.3. The molecular weight excluding hydrogens is 281 g/mol. The van der Waals surface area contributed by atoms with Crippen LogP contribution in [0.25, 0.3) is 0 Å². The van der Waals surface area contributed by atoms with Crippen LogP contribution in [0.3, 0.4) is 0 Å². The molecule has 3 nitrogen and oxygen atoms in total. The van der Waals surface area contributed by atoms with Gasteiger partial charge in [0.15, 0.2) is 0 Å². The van der Waals surface area contributed by atoms with E-state index in [4.69, 9.17) is 0 Å². The van der Waals surface area contributed by atoms with Crippen LogP contribution in [0.15, 0.2) is 42.5 Å². The summed E-state index contributed by atoms with van der Waals surface area (Å²) in [6.07, 6.45) is 0.427. The van der Waals surface area contributed by atoms with Crippen molar-refractivity contribution in [1.29, 1.82) is 0 Å². The number of rotatable bonds is 4. The fraction of sp³-hybridized carbons (Fsp3) is 0.133. The second-order valence-electron chi connectivity index (χ2n) is 4.38. The van der Waals surface area contributed by atoms with Crippen molar-refractivity contribution in [3.05, 3.63) is 65.5 Å². The number of amides is 2. The lowest BCUT2D eigenvalue weighted by Gasteiger charge is -2.08. The van der Waals surface area contributed by atoms with E-state index in [9.17, 15) is 18.0 Å². The summed E-state index contributed by atoms with van der Waals surface area (Å²) in [5.41, 5.74) is 0.491. The van der Waals surface area contributed by atoms with Gasteiger partial charge in [-0.25, -0.2) is 18.0 Å². The van der Waals surface area contributed by atoms with Crippen molar-refractivity contribution < 1.29 is 18.0 Å². The van der Waals surface area contributed by atoms with Gasteiger partial charge in [0, 0.05) is 12.6 Å². The van der Waals surface area contributed by atoms with Gasteiger partial charge in [-0.3, -0.25) is 0 Å². The highest BCUT2D eigenvalue weighted by atomic mass is 19.1. The van der Waals surface area contributed by atoms with Crippen molar-refractivity contribution >= 4 is 11.7 Å². The molecule has 0 saturated heterocycles. The number of halogens is 3. The molecule has 110 valence electrons. The van der Waals surface area contributed by atoms with Gasteiger partial charge in [-0.05, 0) is 36.2 Å². The molecule has 0 radical (unpaired) electrons. The zero-order chi connectivity index (χ0) is 15.2. The molecule has 2 N–H and O–H groups in total. The van der Waals surface area contributed by atoms with Gasteiger partial charge in [0.1, 0.15) is 17.5 Å². The van der Waals surface area contributed by atoms with Crippen LogP contribution < -0.4 is 10.6 Å². The van der Waals surface area contributed by atoms with Gasteiger partial charge in [-0.1, -0.05) is 12.1 Å². The molecule has 0 saturated carbocycles. The largest absolute Gasteiger partial charge is 0.338 e. The lowest BCUT2D eigenvalue weighted by Crippen LogP contribution is -2.30. The van der Waals surface area contributed by atoms with E-state index >= 15 is 0 Å². The molecule has 2 rings (SSSR count). The Bertz CT molecular complexity index is 647. The first-order valence-corrected chi connectivity index (χ1v) is 6.29. The predicted molar refractivity (Wildman–Crippen MR) is 73.5 cm³/mol. The van der Waals surface area contributed by atoms with Gasteiger partial charge in [-0.2, -0.15) is 0 Å². The minimum absolute atomic E-state index is 0.238. The van der Waals surface area contributed by atoms with Crippen LogP contribution >= 0.6 is 0 Å². The summed E-state index contributed by atoms with van der Waals surface area (Å²) in [6, 6.07) is 8.13. The highest BCUT2D eigenvalue weighted by Crippen LogP contribution is 2.14. The molecule has 0 unspecified atom stereocenters. The van der Waals surface area contributed by atoms with Crippen LogP contribution in [0.2, 0.25) is 0 Å². The Hall–Kier alpha value is -2.50. The number of hydrogen-bond donors (Lipinski definition) is 2. The van der Waals surface area contributed by atoms with Crippen molar-refractivity contribution in [2.45, 2.75) is 6.42 Å². The number of benzene rings is 2. The third-order valence-electron chi connectivity index (χ3n) is 2.76. The van der Waals surface area contributed by atoms with E-state index in [1.165, 1.54) is 12.1 Å². The molecule has 0 aromatic heterocycles. The Morgan fingerprint density at radius 3 is 2.52 bits per heavy atom. The summed E-state index contributed by atoms with van der Waals surface area (Å²) in [4.78, 5) is 11.5. The molecule has 6 heteroatoms. The van der Waals surface area contributed by atoms with E-state index in [2.05, 4.69) is 10.6 Å². The number of carbonyl (C=O) groups excluding carboxylic acids is 1. The number of urea groups is 1. The molecule has 0 aliphatic rings. The molecule has 21 heavy (non-hydrogen) atoms. The second-order valence-corrected chi connectivity index (χ2v) is 4.38. The molecule has 0 aliphatic carbocycles. The average molecular weight is 294 g/mol. The van der Waals surface area contributed by atoms with Crippen LogP contribution in [-0.4, -0.2) is 12.6 Å². The van der Waals surface area contributed by atoms with E-state index in [1.54, 1.807) is 12.1 Å². The van der Waals surface area contributed by atoms with Crippen LogP contribution in [0.5, 0.6) is 0 Å². The second kappa shape index (κ2) is 6.78. The molecule has 2 aromatic carbocycles. The molecule has 0 aliphatic heterocycles. The minimum atomic E-state index is -0.725. The molecule has 0 spiro atoms. The van der Waals surface area contributed by atoms with E-state index in [0.717, 1.165) is 23.8 Å². The Morgan fingerprint density at radius 2 is 1.76 bits per heavy atom. The molecule has 0 fully saturated rings. The monoisotopic (exact) mass is 294 g/mol. The van der Waals surface area contributed by atoms with Crippen molar-refractivity contribution in [2.24, 2.45) is 0 Å². The Kier molecular flexibility index (Phi) is 4.81. The van der Waals surface area contributed by atoms with E-state index in [1.807, 2.05) is 0 Å². The number of anilines is 1. The lowest BCUT2D eigenvalue weighted by atomic mass is 10.1. The SMILES string of the molecule is O=C(NCCc1cccc(F)c1)Nc1cc(F)ccc1F. The smallest absolute Gasteiger partial charge is 0.319 e. The van der Waals surface area contributed by atoms with Crippen molar-refractivity contribution in [2.75, 3.05) is 11.9 Å². The van der Waals surface area contributed by atoms with E-state index in [-0.39, 0.29) is 18.0 Å². The first-order chi connectivity index (χ1) is 10.0. The standard InChI is InChI=1S/C15H13F3N2O/c16-11-3-1-2-10(8-11)6-7-19-15(21)20-14-9-12(17)4-5-13(14)18/h1-5,8-9H,6-7H2,(H2,19,20,21). The molecule has 0 heterocycles. The van der Waals surface area contributed by atoms with Gasteiger partial charge >= 0.3 is 6.03 Å². The van der Waals surface area contributed by atoms with Crippen LogP contribution in [-0.2, 0) is 6.42 Å². The Balaban J connectivity index is 1.84. The van der Waals surface area contributed by atoms with Gasteiger partial charge in [0.2, 0.25) is 0 Å².